The molecule has 0 aliphatic carbocycles. The Morgan fingerprint density at radius 1 is 1.33 bits per heavy atom. The van der Waals surface area contributed by atoms with E-state index in [0.29, 0.717) is 12.0 Å². The number of carbonyl (C=O) groups is 1. The van der Waals surface area contributed by atoms with E-state index in [1.807, 2.05) is 27.8 Å². The zero-order valence-electron chi connectivity index (χ0n) is 17.6. The predicted octanol–water partition coefficient (Wildman–Crippen LogP) is 2.84. The van der Waals surface area contributed by atoms with Gasteiger partial charge in [0.2, 0.25) is 0 Å². The predicted molar refractivity (Wildman–Crippen MR) is 119 cm³/mol. The highest BCUT2D eigenvalue weighted by Crippen LogP contribution is 2.38. The number of nitrogens with one attached hydrogen (secondary N) is 2. The molecule has 0 aromatic heterocycles. The molecular weight excluding hydrogens is 459 g/mol. The summed E-state index contributed by atoms with van der Waals surface area (Å²) in [5.74, 6) is 1.17. The molecular formula is C19H37IN4O3. The highest BCUT2D eigenvalue weighted by molar-refractivity contribution is 14.0. The molecule has 7 nitrogen and oxygen atoms in total. The van der Waals surface area contributed by atoms with Gasteiger partial charge in [-0.3, -0.25) is 4.99 Å². The SMILES string of the molecule is CN=C(NCC(NC(=O)OC(C)(C)C)C(C)C)N1CCC2(CCOC2)C1.I. The van der Waals surface area contributed by atoms with Gasteiger partial charge in [-0.1, -0.05) is 13.8 Å². The Labute approximate surface area is 181 Å². The zero-order valence-corrected chi connectivity index (χ0v) is 20.0. The number of hydrogen-bond donors (Lipinski definition) is 2. The highest BCUT2D eigenvalue weighted by atomic mass is 127. The third-order valence-corrected chi connectivity index (χ3v) is 5.12. The van der Waals surface area contributed by atoms with Crippen molar-refractivity contribution in [3.8, 4) is 0 Å². The van der Waals surface area contributed by atoms with Crippen molar-refractivity contribution in [2.24, 2.45) is 16.3 Å². The lowest BCUT2D eigenvalue weighted by Crippen LogP contribution is -2.51. The number of amides is 1. The summed E-state index contributed by atoms with van der Waals surface area (Å²) in [6.07, 6.45) is 1.91. The smallest absolute Gasteiger partial charge is 0.407 e. The summed E-state index contributed by atoms with van der Waals surface area (Å²) in [4.78, 5) is 18.8. The summed E-state index contributed by atoms with van der Waals surface area (Å²) in [7, 11) is 1.81. The van der Waals surface area contributed by atoms with Crippen LogP contribution in [0.25, 0.3) is 0 Å². The minimum Gasteiger partial charge on any atom is -0.444 e. The second-order valence-corrected chi connectivity index (χ2v) is 8.90. The number of hydrogen-bond acceptors (Lipinski definition) is 4. The molecule has 2 saturated heterocycles. The summed E-state index contributed by atoms with van der Waals surface area (Å²) < 4.78 is 11.0. The van der Waals surface area contributed by atoms with Crippen molar-refractivity contribution >= 4 is 36.0 Å². The van der Waals surface area contributed by atoms with Crippen LogP contribution in [-0.4, -0.2) is 68.5 Å². The van der Waals surface area contributed by atoms with Crippen molar-refractivity contribution in [2.45, 2.75) is 59.1 Å². The molecule has 2 heterocycles. The molecule has 2 aliphatic heterocycles. The molecule has 2 aliphatic rings. The zero-order chi connectivity index (χ0) is 19.4. The summed E-state index contributed by atoms with van der Waals surface area (Å²) in [5.41, 5.74) is -0.202. The fourth-order valence-corrected chi connectivity index (χ4v) is 3.53. The van der Waals surface area contributed by atoms with E-state index in [1.54, 1.807) is 0 Å². The highest BCUT2D eigenvalue weighted by Gasteiger charge is 2.42. The Bertz CT molecular complexity index is 514. The minimum atomic E-state index is -0.498. The Morgan fingerprint density at radius 3 is 2.56 bits per heavy atom. The van der Waals surface area contributed by atoms with Gasteiger partial charge in [0, 0.05) is 38.7 Å². The topological polar surface area (TPSA) is 75.2 Å². The Morgan fingerprint density at radius 2 is 2.04 bits per heavy atom. The van der Waals surface area contributed by atoms with Gasteiger partial charge >= 0.3 is 6.09 Å². The number of nitrogens with zero attached hydrogens (tertiary/aromatic N) is 2. The van der Waals surface area contributed by atoms with Crippen LogP contribution in [-0.2, 0) is 9.47 Å². The quantitative estimate of drug-likeness (QED) is 0.356. The van der Waals surface area contributed by atoms with Crippen molar-refractivity contribution in [1.82, 2.24) is 15.5 Å². The molecule has 0 bridgehead atoms. The van der Waals surface area contributed by atoms with E-state index >= 15 is 0 Å². The third-order valence-electron chi connectivity index (χ3n) is 5.12. The number of carbonyl (C=O) groups excluding carboxylic acids is 1. The van der Waals surface area contributed by atoms with Gasteiger partial charge in [0.05, 0.1) is 12.6 Å². The van der Waals surface area contributed by atoms with Crippen molar-refractivity contribution in [2.75, 3.05) is 39.9 Å². The first-order valence-electron chi connectivity index (χ1n) is 9.67. The number of guanidine groups is 1. The van der Waals surface area contributed by atoms with Gasteiger partial charge in [0.15, 0.2) is 5.96 Å². The molecule has 2 atom stereocenters. The number of halogens is 1. The molecule has 158 valence electrons. The Kier molecular flexibility index (Phi) is 9.11. The maximum absolute atomic E-state index is 12.1. The molecule has 0 aromatic carbocycles. The largest absolute Gasteiger partial charge is 0.444 e. The number of alkyl carbamates (subject to hydrolysis) is 1. The molecule has 0 radical (unpaired) electrons. The molecule has 0 aromatic rings. The minimum absolute atomic E-state index is 0. The lowest BCUT2D eigenvalue weighted by molar-refractivity contribution is 0.0491. The van der Waals surface area contributed by atoms with Crippen LogP contribution in [0.1, 0.15) is 47.5 Å². The van der Waals surface area contributed by atoms with E-state index in [4.69, 9.17) is 9.47 Å². The Balaban J connectivity index is 0.00000364. The van der Waals surface area contributed by atoms with Gasteiger partial charge in [-0.15, -0.1) is 24.0 Å². The molecule has 2 unspecified atom stereocenters. The van der Waals surface area contributed by atoms with E-state index in [9.17, 15) is 4.79 Å². The monoisotopic (exact) mass is 496 g/mol. The first-order valence-corrected chi connectivity index (χ1v) is 9.67. The van der Waals surface area contributed by atoms with Crippen molar-refractivity contribution in [1.29, 1.82) is 0 Å². The van der Waals surface area contributed by atoms with Crippen LogP contribution in [0.15, 0.2) is 4.99 Å². The van der Waals surface area contributed by atoms with E-state index in [0.717, 1.165) is 45.1 Å². The maximum atomic E-state index is 12.1. The van der Waals surface area contributed by atoms with Crippen molar-refractivity contribution in [3.63, 3.8) is 0 Å². The molecule has 0 saturated carbocycles. The number of likely N-dealkylation sites (tertiary alicyclic amines) is 1. The van der Waals surface area contributed by atoms with Gasteiger partial charge < -0.3 is 25.0 Å². The number of aliphatic imine (C=N–C) groups is 1. The van der Waals surface area contributed by atoms with Crippen molar-refractivity contribution < 1.29 is 14.3 Å². The average Bonchev–Trinajstić information content (AvgIpc) is 3.15. The van der Waals surface area contributed by atoms with Gasteiger partial charge in [-0.05, 0) is 39.5 Å². The average molecular weight is 496 g/mol. The normalized spacial score (nSPS) is 24.1. The van der Waals surface area contributed by atoms with E-state index in [1.165, 1.54) is 0 Å². The molecule has 2 fully saturated rings. The van der Waals surface area contributed by atoms with Crippen LogP contribution in [0, 0.1) is 11.3 Å². The summed E-state index contributed by atoms with van der Waals surface area (Å²) in [5, 5.41) is 6.41. The van der Waals surface area contributed by atoms with Crippen LogP contribution >= 0.6 is 24.0 Å². The van der Waals surface area contributed by atoms with E-state index in [-0.39, 0.29) is 42.0 Å². The van der Waals surface area contributed by atoms with Gasteiger partial charge in [0.25, 0.3) is 0 Å². The molecule has 2 rings (SSSR count). The van der Waals surface area contributed by atoms with E-state index < -0.39 is 5.60 Å². The van der Waals surface area contributed by atoms with E-state index in [2.05, 4.69) is 34.4 Å². The molecule has 1 spiro atoms. The molecule has 27 heavy (non-hydrogen) atoms. The number of rotatable bonds is 4. The Hall–Kier alpha value is -0.770. The third kappa shape index (κ3) is 7.29. The van der Waals surface area contributed by atoms with Gasteiger partial charge in [-0.2, -0.15) is 0 Å². The second kappa shape index (κ2) is 10.1. The number of ether oxygens (including phenoxy) is 2. The van der Waals surface area contributed by atoms with Gasteiger partial charge in [0.1, 0.15) is 5.60 Å². The second-order valence-electron chi connectivity index (χ2n) is 8.90. The standard InChI is InChI=1S/C19H36N4O3.HI/c1-14(2)15(22-17(24)26-18(3,4)5)11-21-16(20-6)23-9-7-19(12-23)8-10-25-13-19;/h14-15H,7-13H2,1-6H3,(H,20,21)(H,22,24);1H. The molecule has 1 amide bonds. The lowest BCUT2D eigenvalue weighted by Gasteiger charge is -2.29. The lowest BCUT2D eigenvalue weighted by atomic mass is 9.87. The van der Waals surface area contributed by atoms with Crippen LogP contribution in [0.4, 0.5) is 4.79 Å². The van der Waals surface area contributed by atoms with Crippen LogP contribution in [0.5, 0.6) is 0 Å². The summed E-state index contributed by atoms with van der Waals surface area (Å²) in [6.45, 7) is 14.1. The molecule has 8 heteroatoms. The summed E-state index contributed by atoms with van der Waals surface area (Å²) >= 11 is 0. The van der Waals surface area contributed by atoms with Crippen molar-refractivity contribution in [3.05, 3.63) is 0 Å². The van der Waals surface area contributed by atoms with Crippen LogP contribution in [0.2, 0.25) is 0 Å². The van der Waals surface area contributed by atoms with Gasteiger partial charge in [-0.25, -0.2) is 4.79 Å². The maximum Gasteiger partial charge on any atom is 0.407 e. The van der Waals surface area contributed by atoms with Crippen LogP contribution in [0.3, 0.4) is 0 Å². The first-order chi connectivity index (χ1) is 12.1. The molecule has 2 N–H and O–H groups in total. The fourth-order valence-electron chi connectivity index (χ4n) is 3.53. The van der Waals surface area contributed by atoms with Crippen LogP contribution < -0.4 is 10.6 Å². The summed E-state index contributed by atoms with van der Waals surface area (Å²) in [6, 6.07) is -0.0343. The first kappa shape index (κ1) is 24.3. The fraction of sp³-hybridized carbons (Fsp3) is 0.895.